The zero-order chi connectivity index (χ0) is 11.1. The van der Waals surface area contributed by atoms with E-state index < -0.39 is 34.2 Å². The molecule has 14 heavy (non-hydrogen) atoms. The minimum absolute atomic E-state index is 0.00466. The first-order valence-electron chi connectivity index (χ1n) is 3.15. The van der Waals surface area contributed by atoms with Gasteiger partial charge in [-0.05, 0) is 6.07 Å². The molecule has 0 aliphatic rings. The van der Waals surface area contributed by atoms with Crippen molar-refractivity contribution in [3.8, 4) is 0 Å². The SMILES string of the molecule is Fc1c(Cl)cc(C(F)(F)F)c(F)c1F. The van der Waals surface area contributed by atoms with Gasteiger partial charge in [-0.25, -0.2) is 13.2 Å². The molecule has 0 aliphatic carbocycles. The number of hydrogen-bond donors (Lipinski definition) is 0. The lowest BCUT2D eigenvalue weighted by atomic mass is 10.2. The van der Waals surface area contributed by atoms with E-state index in [4.69, 9.17) is 11.6 Å². The average molecular weight is 235 g/mol. The van der Waals surface area contributed by atoms with Crippen LogP contribution in [-0.2, 0) is 6.18 Å². The fourth-order valence-electron chi connectivity index (χ4n) is 0.779. The van der Waals surface area contributed by atoms with Crippen LogP contribution in [0.15, 0.2) is 6.07 Å². The lowest BCUT2D eigenvalue weighted by Crippen LogP contribution is -2.11. The van der Waals surface area contributed by atoms with Gasteiger partial charge in [-0.15, -0.1) is 0 Å². The van der Waals surface area contributed by atoms with Crippen LogP contribution in [0.2, 0.25) is 5.02 Å². The van der Waals surface area contributed by atoms with Crippen molar-refractivity contribution in [1.82, 2.24) is 0 Å². The van der Waals surface area contributed by atoms with Crippen LogP contribution in [0.3, 0.4) is 0 Å². The van der Waals surface area contributed by atoms with Crippen molar-refractivity contribution in [3.05, 3.63) is 34.1 Å². The predicted molar refractivity (Wildman–Crippen MR) is 36.3 cm³/mol. The maximum absolute atomic E-state index is 12.5. The molecule has 0 aliphatic heterocycles. The molecule has 0 nitrogen and oxygen atoms in total. The summed E-state index contributed by atoms with van der Waals surface area (Å²) >= 11 is 4.92. The molecule has 0 atom stereocenters. The molecule has 0 aromatic heterocycles. The minimum atomic E-state index is -5.11. The van der Waals surface area contributed by atoms with E-state index in [2.05, 4.69) is 0 Å². The van der Waals surface area contributed by atoms with Gasteiger partial charge in [-0.1, -0.05) is 11.6 Å². The number of rotatable bonds is 0. The third-order valence-corrected chi connectivity index (χ3v) is 1.68. The molecule has 0 fully saturated rings. The Morgan fingerprint density at radius 1 is 0.929 bits per heavy atom. The Hall–Kier alpha value is -0.910. The highest BCUT2D eigenvalue weighted by Gasteiger charge is 2.37. The predicted octanol–water partition coefficient (Wildman–Crippen LogP) is 3.78. The molecule has 1 aromatic rings. The third-order valence-electron chi connectivity index (χ3n) is 1.41. The van der Waals surface area contributed by atoms with Crippen LogP contribution < -0.4 is 0 Å². The topological polar surface area (TPSA) is 0 Å². The van der Waals surface area contributed by atoms with Gasteiger partial charge in [0.2, 0.25) is 0 Å². The maximum Gasteiger partial charge on any atom is 0.419 e. The molecule has 0 saturated heterocycles. The molecule has 0 heterocycles. The molecule has 0 radical (unpaired) electrons. The minimum Gasteiger partial charge on any atom is -0.203 e. The smallest absolute Gasteiger partial charge is 0.203 e. The number of halogens is 7. The Balaban J connectivity index is 3.49. The first-order chi connectivity index (χ1) is 6.25. The quantitative estimate of drug-likeness (QED) is 0.364. The average Bonchev–Trinajstić information content (AvgIpc) is 2.06. The third kappa shape index (κ3) is 1.79. The number of hydrogen-bond acceptors (Lipinski definition) is 0. The van der Waals surface area contributed by atoms with Crippen LogP contribution >= 0.6 is 11.6 Å². The summed E-state index contributed by atoms with van der Waals surface area (Å²) in [6.07, 6.45) is -5.11. The van der Waals surface area contributed by atoms with Gasteiger partial charge >= 0.3 is 6.18 Å². The molecule has 1 aromatic carbocycles. The summed E-state index contributed by atoms with van der Waals surface area (Å²) in [4.78, 5) is 0. The van der Waals surface area contributed by atoms with E-state index in [-0.39, 0.29) is 6.07 Å². The van der Waals surface area contributed by atoms with Gasteiger partial charge in [0, 0.05) is 0 Å². The van der Waals surface area contributed by atoms with Gasteiger partial charge in [0.1, 0.15) is 0 Å². The van der Waals surface area contributed by atoms with Crippen molar-refractivity contribution < 1.29 is 26.3 Å². The summed E-state index contributed by atoms with van der Waals surface area (Å²) in [5, 5.41) is -1.11. The van der Waals surface area contributed by atoms with Crippen LogP contribution in [0.1, 0.15) is 5.56 Å². The molecule has 78 valence electrons. The van der Waals surface area contributed by atoms with Gasteiger partial charge in [0.25, 0.3) is 0 Å². The Morgan fingerprint density at radius 3 is 1.86 bits per heavy atom. The van der Waals surface area contributed by atoms with Gasteiger partial charge in [-0.2, -0.15) is 13.2 Å². The fourth-order valence-corrected chi connectivity index (χ4v) is 0.971. The zero-order valence-corrected chi connectivity index (χ0v) is 6.98. The number of benzene rings is 1. The Morgan fingerprint density at radius 2 is 1.43 bits per heavy atom. The lowest BCUT2D eigenvalue weighted by molar-refractivity contribution is -0.140. The van der Waals surface area contributed by atoms with E-state index in [0.29, 0.717) is 0 Å². The zero-order valence-electron chi connectivity index (χ0n) is 6.22. The Kier molecular flexibility index (Phi) is 2.67. The van der Waals surface area contributed by atoms with E-state index in [9.17, 15) is 26.3 Å². The Bertz CT molecular complexity index is 369. The summed E-state index contributed by atoms with van der Waals surface area (Å²) in [6, 6.07) is -0.00466. The molecule has 0 saturated carbocycles. The van der Waals surface area contributed by atoms with E-state index in [1.54, 1.807) is 0 Å². The maximum atomic E-state index is 12.5. The van der Waals surface area contributed by atoms with Gasteiger partial charge in [-0.3, -0.25) is 0 Å². The van der Waals surface area contributed by atoms with Gasteiger partial charge in [0.15, 0.2) is 17.5 Å². The largest absolute Gasteiger partial charge is 0.419 e. The summed E-state index contributed by atoms with van der Waals surface area (Å²) in [5.74, 6) is -6.36. The van der Waals surface area contributed by atoms with Crippen molar-refractivity contribution in [1.29, 1.82) is 0 Å². The highest BCUT2D eigenvalue weighted by molar-refractivity contribution is 6.30. The van der Waals surface area contributed by atoms with E-state index in [0.717, 1.165) is 0 Å². The second kappa shape index (κ2) is 3.34. The molecule has 7 heteroatoms. The van der Waals surface area contributed by atoms with Crippen molar-refractivity contribution in [2.45, 2.75) is 6.18 Å². The molecule has 1 rings (SSSR count). The molecule has 0 N–H and O–H groups in total. The van der Waals surface area contributed by atoms with Crippen molar-refractivity contribution >= 4 is 11.6 Å². The summed E-state index contributed by atoms with van der Waals surface area (Å²) < 4.78 is 73.3. The fraction of sp³-hybridized carbons (Fsp3) is 0.143. The second-order valence-electron chi connectivity index (χ2n) is 2.35. The van der Waals surface area contributed by atoms with E-state index in [1.165, 1.54) is 0 Å². The van der Waals surface area contributed by atoms with Crippen molar-refractivity contribution in [2.75, 3.05) is 0 Å². The monoisotopic (exact) mass is 234 g/mol. The standard InChI is InChI=1S/C7HClF6/c8-3-1-2(7(12,13)14)4(9)6(11)5(3)10/h1H. The summed E-state index contributed by atoms with van der Waals surface area (Å²) in [6.45, 7) is 0. The molecular weight excluding hydrogens is 234 g/mol. The number of alkyl halides is 3. The molecule has 0 unspecified atom stereocenters. The molecule has 0 spiro atoms. The highest BCUT2D eigenvalue weighted by Crippen LogP contribution is 2.35. The van der Waals surface area contributed by atoms with Crippen LogP contribution in [0.25, 0.3) is 0 Å². The van der Waals surface area contributed by atoms with Crippen LogP contribution in [0, 0.1) is 17.5 Å². The van der Waals surface area contributed by atoms with Crippen LogP contribution in [0.5, 0.6) is 0 Å². The first-order valence-corrected chi connectivity index (χ1v) is 3.53. The Labute approximate surface area is 79.1 Å². The molecule has 0 bridgehead atoms. The summed E-state index contributed by atoms with van der Waals surface area (Å²) in [5.41, 5.74) is -1.93. The molecule has 0 amide bonds. The second-order valence-corrected chi connectivity index (χ2v) is 2.75. The van der Waals surface area contributed by atoms with Crippen LogP contribution in [0.4, 0.5) is 26.3 Å². The van der Waals surface area contributed by atoms with Crippen molar-refractivity contribution in [2.24, 2.45) is 0 Å². The van der Waals surface area contributed by atoms with E-state index >= 15 is 0 Å². The highest BCUT2D eigenvalue weighted by atomic mass is 35.5. The summed E-state index contributed by atoms with van der Waals surface area (Å²) in [7, 11) is 0. The first kappa shape index (κ1) is 11.2. The van der Waals surface area contributed by atoms with Gasteiger partial charge in [0.05, 0.1) is 10.6 Å². The molecular formula is C7HClF6. The lowest BCUT2D eigenvalue weighted by Gasteiger charge is -2.09. The normalized spacial score (nSPS) is 11.9. The van der Waals surface area contributed by atoms with Crippen molar-refractivity contribution in [3.63, 3.8) is 0 Å². The van der Waals surface area contributed by atoms with E-state index in [1.807, 2.05) is 0 Å². The van der Waals surface area contributed by atoms with Crippen LogP contribution in [-0.4, -0.2) is 0 Å². The van der Waals surface area contributed by atoms with Gasteiger partial charge < -0.3 is 0 Å².